The van der Waals surface area contributed by atoms with Crippen LogP contribution in [0.25, 0.3) is 0 Å². The lowest BCUT2D eigenvalue weighted by molar-refractivity contribution is 0.185. The molecule has 0 bridgehead atoms. The van der Waals surface area contributed by atoms with Crippen molar-refractivity contribution in [1.29, 1.82) is 0 Å². The molecule has 1 aliphatic heterocycles. The molecule has 0 unspecified atom stereocenters. The molecule has 0 aromatic rings. The molecule has 0 atom stereocenters. The minimum atomic E-state index is -1.51. The first-order chi connectivity index (χ1) is 7.18. The van der Waals surface area contributed by atoms with Crippen molar-refractivity contribution in [2.24, 2.45) is 0 Å². The molecule has 0 amide bonds. The zero-order valence-corrected chi connectivity index (χ0v) is 12.9. The SMILES string of the molecule is CCO[SiH]1N(C(C)(C)C)C=CN1C(C)(C)C. The Balaban J connectivity index is 2.90. The van der Waals surface area contributed by atoms with Crippen molar-refractivity contribution < 1.29 is 4.43 Å². The fraction of sp³-hybridized carbons (Fsp3) is 0.833. The van der Waals surface area contributed by atoms with Gasteiger partial charge in [0, 0.05) is 30.1 Å². The smallest absolute Gasteiger partial charge is 0.386 e. The molecule has 3 nitrogen and oxygen atoms in total. The van der Waals surface area contributed by atoms with E-state index < -0.39 is 9.36 Å². The van der Waals surface area contributed by atoms with Gasteiger partial charge in [0.15, 0.2) is 0 Å². The number of rotatable bonds is 2. The second-order valence-corrected chi connectivity index (χ2v) is 8.33. The van der Waals surface area contributed by atoms with Gasteiger partial charge in [0.25, 0.3) is 0 Å². The molecular formula is C12H26N2OSi. The summed E-state index contributed by atoms with van der Waals surface area (Å²) in [5, 5.41) is 0. The predicted molar refractivity (Wildman–Crippen MR) is 71.1 cm³/mol. The van der Waals surface area contributed by atoms with Gasteiger partial charge in [-0.25, -0.2) is 0 Å². The first-order valence-corrected chi connectivity index (χ1v) is 7.55. The Kier molecular flexibility index (Phi) is 3.75. The fourth-order valence-corrected chi connectivity index (χ4v) is 4.51. The maximum atomic E-state index is 6.01. The number of hydrogen-bond acceptors (Lipinski definition) is 3. The highest BCUT2D eigenvalue weighted by Crippen LogP contribution is 2.28. The van der Waals surface area contributed by atoms with Crippen molar-refractivity contribution in [2.75, 3.05) is 6.61 Å². The Bertz CT molecular complexity index is 241. The van der Waals surface area contributed by atoms with Crippen molar-refractivity contribution >= 4 is 9.36 Å². The lowest BCUT2D eigenvalue weighted by Crippen LogP contribution is -2.57. The highest BCUT2D eigenvalue weighted by molar-refractivity contribution is 6.47. The van der Waals surface area contributed by atoms with Gasteiger partial charge >= 0.3 is 9.36 Å². The van der Waals surface area contributed by atoms with Gasteiger partial charge in [-0.3, -0.25) is 0 Å². The van der Waals surface area contributed by atoms with E-state index >= 15 is 0 Å². The van der Waals surface area contributed by atoms with E-state index in [1.165, 1.54) is 0 Å². The molecule has 0 saturated carbocycles. The van der Waals surface area contributed by atoms with Crippen LogP contribution in [-0.4, -0.2) is 36.2 Å². The van der Waals surface area contributed by atoms with E-state index in [0.29, 0.717) is 0 Å². The van der Waals surface area contributed by atoms with Crippen LogP contribution in [0.4, 0.5) is 0 Å². The zero-order chi connectivity index (χ0) is 12.6. The summed E-state index contributed by atoms with van der Waals surface area (Å²) in [6.45, 7) is 16.3. The molecule has 94 valence electrons. The molecule has 0 spiro atoms. The number of nitrogens with zero attached hydrogens (tertiary/aromatic N) is 2. The summed E-state index contributed by atoms with van der Waals surface area (Å²) in [6, 6.07) is 0. The van der Waals surface area contributed by atoms with Crippen LogP contribution < -0.4 is 0 Å². The zero-order valence-electron chi connectivity index (χ0n) is 11.7. The number of hydrogen-bond donors (Lipinski definition) is 0. The third-order valence-corrected chi connectivity index (χ3v) is 6.21. The molecule has 0 aromatic heterocycles. The molecule has 0 radical (unpaired) electrons. The maximum Gasteiger partial charge on any atom is 0.402 e. The van der Waals surface area contributed by atoms with Crippen LogP contribution in [0.15, 0.2) is 12.4 Å². The summed E-state index contributed by atoms with van der Waals surface area (Å²) >= 11 is 0. The minimum Gasteiger partial charge on any atom is -0.386 e. The summed E-state index contributed by atoms with van der Waals surface area (Å²) in [7, 11) is -1.51. The van der Waals surface area contributed by atoms with Crippen LogP contribution in [0.1, 0.15) is 48.5 Å². The monoisotopic (exact) mass is 242 g/mol. The van der Waals surface area contributed by atoms with E-state index in [1.807, 2.05) is 0 Å². The van der Waals surface area contributed by atoms with Crippen molar-refractivity contribution in [3.05, 3.63) is 12.4 Å². The largest absolute Gasteiger partial charge is 0.402 e. The average Bonchev–Trinajstić information content (AvgIpc) is 2.46. The highest BCUT2D eigenvalue weighted by Gasteiger charge is 2.41. The topological polar surface area (TPSA) is 15.7 Å². The Hall–Kier alpha value is -0.483. The average molecular weight is 242 g/mol. The summed E-state index contributed by atoms with van der Waals surface area (Å²) in [6.07, 6.45) is 4.38. The van der Waals surface area contributed by atoms with Crippen molar-refractivity contribution in [2.45, 2.75) is 59.5 Å². The molecule has 0 aromatic carbocycles. The van der Waals surface area contributed by atoms with Gasteiger partial charge in [0.2, 0.25) is 0 Å². The van der Waals surface area contributed by atoms with E-state index in [0.717, 1.165) is 6.61 Å². The van der Waals surface area contributed by atoms with Crippen LogP contribution in [0.2, 0.25) is 0 Å². The Labute approximate surface area is 102 Å². The first kappa shape index (κ1) is 13.6. The van der Waals surface area contributed by atoms with E-state index in [4.69, 9.17) is 4.43 Å². The summed E-state index contributed by atoms with van der Waals surface area (Å²) in [4.78, 5) is 0. The van der Waals surface area contributed by atoms with Crippen LogP contribution in [0.3, 0.4) is 0 Å². The minimum absolute atomic E-state index is 0.141. The molecule has 0 aliphatic carbocycles. The van der Waals surface area contributed by atoms with Gasteiger partial charge in [-0.2, -0.15) is 0 Å². The third-order valence-electron chi connectivity index (χ3n) is 2.73. The highest BCUT2D eigenvalue weighted by atomic mass is 28.3. The summed E-state index contributed by atoms with van der Waals surface area (Å²) < 4.78 is 10.8. The predicted octanol–water partition coefficient (Wildman–Crippen LogP) is 2.43. The van der Waals surface area contributed by atoms with Crippen molar-refractivity contribution in [1.82, 2.24) is 9.13 Å². The van der Waals surface area contributed by atoms with Crippen LogP contribution in [-0.2, 0) is 4.43 Å². The van der Waals surface area contributed by atoms with E-state index in [1.54, 1.807) is 0 Å². The quantitative estimate of drug-likeness (QED) is 0.692. The lowest BCUT2D eigenvalue weighted by Gasteiger charge is -2.43. The van der Waals surface area contributed by atoms with Gasteiger partial charge in [0.1, 0.15) is 0 Å². The van der Waals surface area contributed by atoms with Crippen LogP contribution in [0, 0.1) is 0 Å². The van der Waals surface area contributed by atoms with Gasteiger partial charge in [-0.1, -0.05) is 0 Å². The molecule has 1 rings (SSSR count). The molecule has 4 heteroatoms. The standard InChI is InChI=1S/C12H26N2OSi/c1-8-15-16-13(11(2,3)4)9-10-14(16)12(5,6)7/h9-10,16H,8H2,1-7H3. The maximum absolute atomic E-state index is 6.01. The summed E-state index contributed by atoms with van der Waals surface area (Å²) in [5.41, 5.74) is 0.283. The van der Waals surface area contributed by atoms with Crippen molar-refractivity contribution in [3.8, 4) is 0 Å². The van der Waals surface area contributed by atoms with Gasteiger partial charge < -0.3 is 13.6 Å². The van der Waals surface area contributed by atoms with E-state index in [9.17, 15) is 0 Å². The van der Waals surface area contributed by atoms with E-state index in [-0.39, 0.29) is 11.1 Å². The second-order valence-electron chi connectivity index (χ2n) is 6.24. The molecule has 1 heterocycles. The van der Waals surface area contributed by atoms with Gasteiger partial charge in [-0.15, -0.1) is 0 Å². The molecule has 0 N–H and O–H groups in total. The summed E-state index contributed by atoms with van der Waals surface area (Å²) in [5.74, 6) is 0. The normalized spacial score (nSPS) is 18.7. The van der Waals surface area contributed by atoms with Gasteiger partial charge in [-0.05, 0) is 48.5 Å². The fourth-order valence-electron chi connectivity index (χ4n) is 1.84. The molecule has 1 aliphatic rings. The molecule has 0 fully saturated rings. The molecule has 0 saturated heterocycles. The molecule has 16 heavy (non-hydrogen) atoms. The van der Waals surface area contributed by atoms with Crippen molar-refractivity contribution in [3.63, 3.8) is 0 Å². The molecular weight excluding hydrogens is 216 g/mol. The lowest BCUT2D eigenvalue weighted by atomic mass is 10.1. The Morgan fingerprint density at radius 2 is 1.31 bits per heavy atom. The first-order valence-electron chi connectivity index (χ1n) is 6.04. The second kappa shape index (κ2) is 4.41. The Morgan fingerprint density at radius 1 is 0.938 bits per heavy atom. The van der Waals surface area contributed by atoms with E-state index in [2.05, 4.69) is 70.0 Å². The van der Waals surface area contributed by atoms with Crippen LogP contribution in [0.5, 0.6) is 0 Å². The van der Waals surface area contributed by atoms with Crippen LogP contribution >= 0.6 is 0 Å². The van der Waals surface area contributed by atoms with Gasteiger partial charge in [0.05, 0.1) is 0 Å². The Morgan fingerprint density at radius 3 is 1.56 bits per heavy atom. The third kappa shape index (κ3) is 2.80.